The highest BCUT2D eigenvalue weighted by Gasteiger charge is 2.12. The highest BCUT2D eigenvalue weighted by atomic mass is 35.5. The molecule has 2 rings (SSSR count). The zero-order valence-corrected chi connectivity index (χ0v) is 15.4. The van der Waals surface area contributed by atoms with Crippen molar-refractivity contribution in [1.82, 2.24) is 15.2 Å². The Hall–Kier alpha value is -2.08. The molecule has 2 aromatic rings. The lowest BCUT2D eigenvalue weighted by atomic mass is 10.2. The standard InChI is InChI=1S/C17H24ClN5O/c1-5-7-23(8-6-2)17-21-16(11-19-22-17)20-14-9-12(3)13(18)10-15(14)24-4/h9-11H,5-8H2,1-4H3,(H,20,21,22). The fraction of sp³-hybridized carbons (Fsp3) is 0.471. The predicted molar refractivity (Wildman–Crippen MR) is 98.6 cm³/mol. The fourth-order valence-electron chi connectivity index (χ4n) is 2.41. The number of nitrogens with zero attached hydrogens (tertiary/aromatic N) is 4. The molecule has 1 aromatic carbocycles. The first kappa shape index (κ1) is 18.3. The fourth-order valence-corrected chi connectivity index (χ4v) is 2.56. The molecule has 0 bridgehead atoms. The Morgan fingerprint density at radius 2 is 1.92 bits per heavy atom. The third kappa shape index (κ3) is 4.47. The van der Waals surface area contributed by atoms with E-state index in [9.17, 15) is 0 Å². The van der Waals surface area contributed by atoms with Crippen molar-refractivity contribution in [3.63, 3.8) is 0 Å². The van der Waals surface area contributed by atoms with Gasteiger partial charge in [-0.15, -0.1) is 5.10 Å². The van der Waals surface area contributed by atoms with Crippen LogP contribution in [0.2, 0.25) is 5.02 Å². The number of benzene rings is 1. The summed E-state index contributed by atoms with van der Waals surface area (Å²) >= 11 is 6.15. The number of nitrogens with one attached hydrogen (secondary N) is 1. The monoisotopic (exact) mass is 349 g/mol. The van der Waals surface area contributed by atoms with E-state index in [0.29, 0.717) is 22.5 Å². The van der Waals surface area contributed by atoms with Gasteiger partial charge in [0.15, 0.2) is 5.82 Å². The van der Waals surface area contributed by atoms with Gasteiger partial charge in [-0.1, -0.05) is 25.4 Å². The van der Waals surface area contributed by atoms with E-state index in [2.05, 4.69) is 39.2 Å². The van der Waals surface area contributed by atoms with Crippen LogP contribution in [-0.2, 0) is 0 Å². The minimum Gasteiger partial charge on any atom is -0.495 e. The molecule has 24 heavy (non-hydrogen) atoms. The topological polar surface area (TPSA) is 63.2 Å². The second kappa shape index (κ2) is 8.68. The highest BCUT2D eigenvalue weighted by Crippen LogP contribution is 2.32. The van der Waals surface area contributed by atoms with Crippen molar-refractivity contribution in [3.05, 3.63) is 28.9 Å². The molecule has 0 aliphatic heterocycles. The minimum atomic E-state index is 0.622. The maximum Gasteiger partial charge on any atom is 0.247 e. The summed E-state index contributed by atoms with van der Waals surface area (Å²) in [4.78, 5) is 6.73. The largest absolute Gasteiger partial charge is 0.495 e. The molecule has 0 saturated heterocycles. The smallest absolute Gasteiger partial charge is 0.247 e. The van der Waals surface area contributed by atoms with Gasteiger partial charge in [-0.3, -0.25) is 0 Å². The van der Waals surface area contributed by atoms with Crippen LogP contribution in [-0.4, -0.2) is 35.4 Å². The summed E-state index contributed by atoms with van der Waals surface area (Å²) in [6, 6.07) is 3.72. The Balaban J connectivity index is 2.28. The van der Waals surface area contributed by atoms with E-state index in [0.717, 1.165) is 37.2 Å². The van der Waals surface area contributed by atoms with Gasteiger partial charge in [0, 0.05) is 24.2 Å². The second-order valence-electron chi connectivity index (χ2n) is 5.56. The van der Waals surface area contributed by atoms with E-state index in [1.807, 2.05) is 13.0 Å². The zero-order valence-electron chi connectivity index (χ0n) is 14.6. The number of anilines is 3. The maximum absolute atomic E-state index is 6.15. The maximum atomic E-state index is 6.15. The van der Waals surface area contributed by atoms with Crippen LogP contribution in [0.1, 0.15) is 32.3 Å². The van der Waals surface area contributed by atoms with Gasteiger partial charge in [0.1, 0.15) is 5.75 Å². The summed E-state index contributed by atoms with van der Waals surface area (Å²) in [7, 11) is 1.61. The molecule has 0 saturated carbocycles. The third-order valence-corrected chi connectivity index (χ3v) is 3.97. The van der Waals surface area contributed by atoms with Gasteiger partial charge in [0.25, 0.3) is 0 Å². The first-order valence-electron chi connectivity index (χ1n) is 8.14. The number of aryl methyl sites for hydroxylation is 1. The normalized spacial score (nSPS) is 10.5. The molecule has 0 amide bonds. The van der Waals surface area contributed by atoms with Gasteiger partial charge in [0.2, 0.25) is 5.95 Å². The number of methoxy groups -OCH3 is 1. The van der Waals surface area contributed by atoms with Gasteiger partial charge < -0.3 is 15.0 Å². The number of aromatic nitrogens is 3. The Labute approximate surface area is 148 Å². The molecule has 6 nitrogen and oxygen atoms in total. The molecule has 0 unspecified atom stereocenters. The lowest BCUT2D eigenvalue weighted by Gasteiger charge is -2.21. The predicted octanol–water partition coefficient (Wildman–Crippen LogP) is 4.21. The lowest BCUT2D eigenvalue weighted by Crippen LogP contribution is -2.27. The molecule has 0 aliphatic carbocycles. The molecular formula is C17H24ClN5O. The van der Waals surface area contributed by atoms with Crippen LogP contribution in [0, 0.1) is 6.92 Å². The summed E-state index contributed by atoms with van der Waals surface area (Å²) in [5.41, 5.74) is 1.75. The number of hydrogen-bond donors (Lipinski definition) is 1. The van der Waals surface area contributed by atoms with E-state index in [1.165, 1.54) is 0 Å². The van der Waals surface area contributed by atoms with Crippen LogP contribution in [0.4, 0.5) is 17.5 Å². The summed E-state index contributed by atoms with van der Waals surface area (Å²) in [5, 5.41) is 12.2. The highest BCUT2D eigenvalue weighted by molar-refractivity contribution is 6.31. The summed E-state index contributed by atoms with van der Waals surface area (Å²) in [6.45, 7) is 8.03. The molecule has 130 valence electrons. The molecule has 1 N–H and O–H groups in total. The summed E-state index contributed by atoms with van der Waals surface area (Å²) in [5.74, 6) is 1.91. The molecule has 7 heteroatoms. The van der Waals surface area contributed by atoms with Crippen LogP contribution in [0.15, 0.2) is 18.3 Å². The third-order valence-electron chi connectivity index (χ3n) is 3.56. The van der Waals surface area contributed by atoms with Gasteiger partial charge in [-0.2, -0.15) is 10.1 Å². The van der Waals surface area contributed by atoms with Crippen molar-refractivity contribution in [3.8, 4) is 5.75 Å². The van der Waals surface area contributed by atoms with Crippen LogP contribution >= 0.6 is 11.6 Å². The molecule has 0 spiro atoms. The van der Waals surface area contributed by atoms with E-state index in [4.69, 9.17) is 16.3 Å². The van der Waals surface area contributed by atoms with E-state index in [1.54, 1.807) is 19.4 Å². The summed E-state index contributed by atoms with van der Waals surface area (Å²) in [6.07, 6.45) is 3.67. The Morgan fingerprint density at radius 3 is 2.54 bits per heavy atom. The summed E-state index contributed by atoms with van der Waals surface area (Å²) < 4.78 is 5.39. The average molecular weight is 350 g/mol. The average Bonchev–Trinajstić information content (AvgIpc) is 2.58. The van der Waals surface area contributed by atoms with E-state index < -0.39 is 0 Å². The van der Waals surface area contributed by atoms with Crippen LogP contribution in [0.3, 0.4) is 0 Å². The first-order valence-corrected chi connectivity index (χ1v) is 8.52. The number of ether oxygens (including phenoxy) is 1. The van der Waals surface area contributed by atoms with Crippen LogP contribution in [0.25, 0.3) is 0 Å². The molecule has 1 aromatic heterocycles. The number of rotatable bonds is 8. The van der Waals surface area contributed by atoms with Crippen LogP contribution in [0.5, 0.6) is 5.75 Å². The molecule has 0 aliphatic rings. The molecule has 0 fully saturated rings. The molecular weight excluding hydrogens is 326 g/mol. The molecule has 0 atom stereocenters. The molecule has 0 radical (unpaired) electrons. The minimum absolute atomic E-state index is 0.622. The number of halogens is 1. The van der Waals surface area contributed by atoms with Gasteiger partial charge in [-0.25, -0.2) is 0 Å². The van der Waals surface area contributed by atoms with Gasteiger partial charge in [0.05, 0.1) is 19.0 Å². The van der Waals surface area contributed by atoms with Crippen LogP contribution < -0.4 is 15.0 Å². The zero-order chi connectivity index (χ0) is 17.5. The Bertz CT molecular complexity index is 674. The van der Waals surface area contributed by atoms with Crippen molar-refractivity contribution < 1.29 is 4.74 Å². The lowest BCUT2D eigenvalue weighted by molar-refractivity contribution is 0.416. The van der Waals surface area contributed by atoms with Crippen molar-refractivity contribution in [2.24, 2.45) is 0 Å². The van der Waals surface area contributed by atoms with Crippen molar-refractivity contribution >= 4 is 29.1 Å². The molecule has 1 heterocycles. The Kier molecular flexibility index (Phi) is 6.61. The van der Waals surface area contributed by atoms with Crippen molar-refractivity contribution in [1.29, 1.82) is 0 Å². The first-order chi connectivity index (χ1) is 11.6. The second-order valence-corrected chi connectivity index (χ2v) is 5.96. The Morgan fingerprint density at radius 1 is 1.21 bits per heavy atom. The number of hydrogen-bond acceptors (Lipinski definition) is 6. The van der Waals surface area contributed by atoms with Gasteiger partial charge >= 0.3 is 0 Å². The van der Waals surface area contributed by atoms with E-state index in [-0.39, 0.29) is 0 Å². The SMILES string of the molecule is CCCN(CCC)c1nncc(Nc2cc(C)c(Cl)cc2OC)n1. The quantitative estimate of drug-likeness (QED) is 0.770. The van der Waals surface area contributed by atoms with Crippen molar-refractivity contribution in [2.45, 2.75) is 33.6 Å². The van der Waals surface area contributed by atoms with Crippen molar-refractivity contribution in [2.75, 3.05) is 30.4 Å². The van der Waals surface area contributed by atoms with Gasteiger partial charge in [-0.05, 0) is 31.4 Å². The van der Waals surface area contributed by atoms with E-state index >= 15 is 0 Å².